The van der Waals surface area contributed by atoms with Gasteiger partial charge in [-0.15, -0.1) is 0 Å². The lowest BCUT2D eigenvalue weighted by molar-refractivity contribution is -0.129. The molecule has 4 heterocycles. The average Bonchev–Trinajstić information content (AvgIpc) is 3.17. The molecule has 1 fully saturated rings. The minimum absolute atomic E-state index is 0.105. The summed E-state index contributed by atoms with van der Waals surface area (Å²) in [6.07, 6.45) is 3.50. The molecule has 0 radical (unpaired) electrons. The molecule has 10 heteroatoms. The van der Waals surface area contributed by atoms with Gasteiger partial charge in [-0.3, -0.25) is 14.5 Å². The molecule has 4 N–H and O–H groups in total. The van der Waals surface area contributed by atoms with E-state index >= 15 is 0 Å². The summed E-state index contributed by atoms with van der Waals surface area (Å²) < 4.78 is 0. The maximum atomic E-state index is 12.6. The van der Waals surface area contributed by atoms with Crippen LogP contribution in [-0.4, -0.2) is 86.5 Å². The van der Waals surface area contributed by atoms with Crippen molar-refractivity contribution in [1.29, 1.82) is 0 Å². The van der Waals surface area contributed by atoms with Crippen LogP contribution in [0.3, 0.4) is 0 Å². The number of aromatic amines is 1. The number of rotatable bonds is 7. The van der Waals surface area contributed by atoms with Gasteiger partial charge in [0.05, 0.1) is 17.5 Å². The van der Waals surface area contributed by atoms with Crippen molar-refractivity contribution in [3.63, 3.8) is 0 Å². The number of β-amino-alcohol motifs (C(OH)–C–C–N with tert-alkyl or cyclic N) is 1. The highest BCUT2D eigenvalue weighted by Gasteiger charge is 2.23. The summed E-state index contributed by atoms with van der Waals surface area (Å²) in [7, 11) is 0. The smallest absolute Gasteiger partial charge is 0.251 e. The second kappa shape index (κ2) is 10.3. The van der Waals surface area contributed by atoms with Gasteiger partial charge in [0.25, 0.3) is 5.91 Å². The summed E-state index contributed by atoms with van der Waals surface area (Å²) in [5.74, 6) is 1.43. The van der Waals surface area contributed by atoms with Gasteiger partial charge in [0, 0.05) is 70.4 Å². The molecule has 0 spiro atoms. The van der Waals surface area contributed by atoms with E-state index in [1.54, 1.807) is 25.3 Å². The van der Waals surface area contributed by atoms with E-state index in [4.69, 9.17) is 0 Å². The van der Waals surface area contributed by atoms with E-state index in [-0.39, 0.29) is 24.4 Å². The van der Waals surface area contributed by atoms with Gasteiger partial charge in [-0.25, -0.2) is 9.97 Å². The predicted octanol–water partition coefficient (Wildman–Crippen LogP) is 0.685. The monoisotopic (exact) mass is 455 g/mol. The second-order valence-corrected chi connectivity index (χ2v) is 8.95. The summed E-state index contributed by atoms with van der Waals surface area (Å²) in [6, 6.07) is 3.61. The van der Waals surface area contributed by atoms with Crippen LogP contribution < -0.4 is 10.6 Å². The number of likely N-dealkylation sites (tertiary alicyclic amines) is 1. The number of hydrogen-bond acceptors (Lipinski definition) is 7. The van der Waals surface area contributed by atoms with Crippen molar-refractivity contribution >= 4 is 17.6 Å². The van der Waals surface area contributed by atoms with Crippen LogP contribution in [0.15, 0.2) is 18.3 Å². The first-order valence-electron chi connectivity index (χ1n) is 11.6. The molecule has 0 aromatic carbocycles. The van der Waals surface area contributed by atoms with Gasteiger partial charge < -0.3 is 25.6 Å². The maximum Gasteiger partial charge on any atom is 0.251 e. The molecule has 2 aromatic heterocycles. The third kappa shape index (κ3) is 6.08. The van der Waals surface area contributed by atoms with Crippen molar-refractivity contribution in [3.8, 4) is 0 Å². The number of carbonyl (C=O) groups excluding carboxylic acids is 2. The summed E-state index contributed by atoms with van der Waals surface area (Å²) in [6.45, 7) is 7.23. The molecule has 178 valence electrons. The first kappa shape index (κ1) is 23.2. The summed E-state index contributed by atoms with van der Waals surface area (Å²) >= 11 is 0. The van der Waals surface area contributed by atoms with E-state index < -0.39 is 6.10 Å². The fraction of sp³-hybridized carbons (Fsp3) is 0.565. The van der Waals surface area contributed by atoms with Crippen molar-refractivity contribution in [1.82, 2.24) is 30.1 Å². The number of hydrogen-bond donors (Lipinski definition) is 4. The molecule has 10 nitrogen and oxygen atoms in total. The highest BCUT2D eigenvalue weighted by Crippen LogP contribution is 2.17. The zero-order chi connectivity index (χ0) is 23.4. The molecule has 0 saturated carbocycles. The lowest BCUT2D eigenvalue weighted by Crippen LogP contribution is -2.42. The number of anilines is 1. The van der Waals surface area contributed by atoms with Gasteiger partial charge in [0.1, 0.15) is 11.6 Å². The van der Waals surface area contributed by atoms with Crippen LogP contribution in [0.2, 0.25) is 0 Å². The molecule has 2 aromatic rings. The fourth-order valence-electron chi connectivity index (χ4n) is 4.52. The van der Waals surface area contributed by atoms with E-state index in [2.05, 4.69) is 30.5 Å². The Labute approximate surface area is 193 Å². The largest absolute Gasteiger partial charge is 0.390 e. The second-order valence-electron chi connectivity index (χ2n) is 8.95. The van der Waals surface area contributed by atoms with Crippen LogP contribution in [0.25, 0.3) is 0 Å². The number of nitrogens with zero attached hydrogens (tertiary/aromatic N) is 4. The highest BCUT2D eigenvalue weighted by molar-refractivity contribution is 5.94. The summed E-state index contributed by atoms with van der Waals surface area (Å²) in [4.78, 5) is 40.2. The molecule has 2 amide bonds. The molecule has 0 aliphatic carbocycles. The van der Waals surface area contributed by atoms with Crippen molar-refractivity contribution in [3.05, 3.63) is 41.1 Å². The number of piperidine rings is 1. The van der Waals surface area contributed by atoms with Crippen LogP contribution in [0.1, 0.15) is 47.3 Å². The van der Waals surface area contributed by atoms with Gasteiger partial charge in [-0.1, -0.05) is 0 Å². The van der Waals surface area contributed by atoms with Crippen LogP contribution in [0, 0.1) is 6.92 Å². The van der Waals surface area contributed by atoms with Gasteiger partial charge in [-0.2, -0.15) is 0 Å². The number of aromatic nitrogens is 3. The minimum atomic E-state index is -0.662. The Balaban J connectivity index is 1.23. The number of amides is 2. The van der Waals surface area contributed by atoms with Gasteiger partial charge in [-0.05, 0) is 31.9 Å². The lowest BCUT2D eigenvalue weighted by atomic mass is 10.0. The first-order chi connectivity index (χ1) is 15.9. The van der Waals surface area contributed by atoms with E-state index in [1.807, 2.05) is 11.8 Å². The minimum Gasteiger partial charge on any atom is -0.390 e. The zero-order valence-corrected chi connectivity index (χ0v) is 19.3. The molecule has 4 rings (SSSR count). The van der Waals surface area contributed by atoms with Crippen LogP contribution in [0.5, 0.6) is 0 Å². The molecule has 2 aliphatic heterocycles. The lowest BCUT2D eigenvalue weighted by Gasteiger charge is -2.32. The van der Waals surface area contributed by atoms with Gasteiger partial charge in [0.15, 0.2) is 0 Å². The third-order valence-corrected chi connectivity index (χ3v) is 6.31. The number of fused-ring (bicyclic) bond motifs is 1. The van der Waals surface area contributed by atoms with E-state index in [0.29, 0.717) is 17.9 Å². The molecule has 2 aliphatic rings. The van der Waals surface area contributed by atoms with Gasteiger partial charge in [0.2, 0.25) is 5.91 Å². The predicted molar refractivity (Wildman–Crippen MR) is 124 cm³/mol. The van der Waals surface area contributed by atoms with Crippen LogP contribution in [-0.2, 0) is 17.8 Å². The molecule has 0 unspecified atom stereocenters. The molecule has 0 bridgehead atoms. The maximum absolute atomic E-state index is 12.6. The van der Waals surface area contributed by atoms with Crippen molar-refractivity contribution in [2.45, 2.75) is 51.8 Å². The number of carbonyl (C=O) groups is 2. The Hall–Kier alpha value is -2.98. The molecular formula is C23H33N7O3. The number of H-pyrrole nitrogens is 1. The molecule has 1 atom stereocenters. The summed E-state index contributed by atoms with van der Waals surface area (Å²) in [5.41, 5.74) is 2.72. The third-order valence-electron chi connectivity index (χ3n) is 6.31. The first-order valence-corrected chi connectivity index (χ1v) is 11.6. The molecule has 1 saturated heterocycles. The quantitative estimate of drug-likeness (QED) is 0.484. The molecular weight excluding hydrogens is 422 g/mol. The number of nitrogens with one attached hydrogen (secondary N) is 3. The Morgan fingerprint density at radius 3 is 2.85 bits per heavy atom. The highest BCUT2D eigenvalue weighted by atomic mass is 16.3. The molecule has 33 heavy (non-hydrogen) atoms. The van der Waals surface area contributed by atoms with E-state index in [9.17, 15) is 14.7 Å². The van der Waals surface area contributed by atoms with Crippen LogP contribution >= 0.6 is 0 Å². The van der Waals surface area contributed by atoms with Gasteiger partial charge >= 0.3 is 0 Å². The standard InChI is InChI=1S/C23H33N7O3/c1-15-26-20-6-8-29(14-21(20)27-15)13-19(32)12-25-23(33)17-3-7-24-22(11-17)28-18-4-9-30(10-5-18)16(2)31/h3,7,11,18-19,32H,4-6,8-10,12-14H2,1-2H3,(H,24,28)(H,25,33)(H,26,27)/t19-/m0/s1. The van der Waals surface area contributed by atoms with E-state index in [1.165, 1.54) is 0 Å². The number of aryl methyl sites for hydroxylation is 1. The summed E-state index contributed by atoms with van der Waals surface area (Å²) in [5, 5.41) is 16.6. The zero-order valence-electron chi connectivity index (χ0n) is 19.3. The Bertz CT molecular complexity index is 984. The van der Waals surface area contributed by atoms with Crippen molar-refractivity contribution in [2.24, 2.45) is 0 Å². The number of aliphatic hydroxyl groups excluding tert-OH is 1. The SMILES string of the molecule is CC(=O)N1CCC(Nc2cc(C(=O)NC[C@H](O)CN3CCc4nc(C)[nH]c4C3)ccn2)CC1. The number of pyridine rings is 1. The van der Waals surface area contributed by atoms with Crippen LogP contribution in [0.4, 0.5) is 5.82 Å². The van der Waals surface area contributed by atoms with Crippen molar-refractivity contribution in [2.75, 3.05) is 38.0 Å². The fourth-order valence-corrected chi connectivity index (χ4v) is 4.52. The Morgan fingerprint density at radius 2 is 2.09 bits per heavy atom. The Morgan fingerprint density at radius 1 is 1.30 bits per heavy atom. The average molecular weight is 456 g/mol. The number of aliphatic hydroxyl groups is 1. The topological polar surface area (TPSA) is 126 Å². The van der Waals surface area contributed by atoms with Crippen molar-refractivity contribution < 1.29 is 14.7 Å². The number of imidazole rings is 1. The van der Waals surface area contributed by atoms with E-state index in [0.717, 1.165) is 62.7 Å². The Kier molecular flexibility index (Phi) is 7.24. The normalized spacial score (nSPS) is 18.0.